The van der Waals surface area contributed by atoms with Gasteiger partial charge >= 0.3 is 0 Å². The number of nitrogens with zero attached hydrogens (tertiary/aromatic N) is 3. The van der Waals surface area contributed by atoms with Gasteiger partial charge in [0, 0.05) is 61.8 Å². The standard InChI is InChI=1S/C30H38N3/c1-6-32(7-2)29-21-15-25(16-22-29)13-19-27-11-10-12-28(31(27)5)20-14-26-17-23-30(24-18-26)33(8-3)9-4/h10-24H,6-9H2,1-5H3/q+1. The minimum absolute atomic E-state index is 1.03. The first-order valence-corrected chi connectivity index (χ1v) is 12.1. The van der Waals surface area contributed by atoms with Crippen LogP contribution in [-0.2, 0) is 7.05 Å². The molecule has 0 radical (unpaired) electrons. The lowest BCUT2D eigenvalue weighted by Crippen LogP contribution is -2.35. The maximum Gasteiger partial charge on any atom is 0.205 e. The third-order valence-electron chi connectivity index (χ3n) is 6.25. The van der Waals surface area contributed by atoms with E-state index in [1.54, 1.807) is 0 Å². The third kappa shape index (κ3) is 6.35. The van der Waals surface area contributed by atoms with E-state index in [1.165, 1.54) is 33.9 Å². The Morgan fingerprint density at radius 3 is 1.24 bits per heavy atom. The summed E-state index contributed by atoms with van der Waals surface area (Å²) in [6.07, 6.45) is 8.73. The van der Waals surface area contributed by atoms with Gasteiger partial charge < -0.3 is 9.80 Å². The molecule has 1 heterocycles. The molecule has 0 aliphatic heterocycles. The van der Waals surface area contributed by atoms with Gasteiger partial charge in [-0.2, -0.15) is 4.57 Å². The minimum atomic E-state index is 1.03. The zero-order valence-corrected chi connectivity index (χ0v) is 20.8. The van der Waals surface area contributed by atoms with Gasteiger partial charge in [-0.05, 0) is 81.3 Å². The summed E-state index contributed by atoms with van der Waals surface area (Å²) < 4.78 is 2.22. The van der Waals surface area contributed by atoms with Crippen LogP contribution >= 0.6 is 0 Å². The summed E-state index contributed by atoms with van der Waals surface area (Å²) in [5.41, 5.74) is 7.31. The Morgan fingerprint density at radius 2 is 0.909 bits per heavy atom. The van der Waals surface area contributed by atoms with E-state index in [9.17, 15) is 0 Å². The SMILES string of the molecule is CCN(CC)c1ccc(/C=C/c2cccc(/C=C/c3ccc(N(CC)CC)cc3)[n+]2C)cc1. The van der Waals surface area contributed by atoms with Crippen LogP contribution in [0.1, 0.15) is 50.2 Å². The average Bonchev–Trinajstić information content (AvgIpc) is 2.86. The molecule has 0 bridgehead atoms. The van der Waals surface area contributed by atoms with Crippen molar-refractivity contribution in [2.24, 2.45) is 7.05 Å². The summed E-state index contributed by atoms with van der Waals surface area (Å²) in [5, 5.41) is 0. The van der Waals surface area contributed by atoms with Gasteiger partial charge in [0.1, 0.15) is 7.05 Å². The van der Waals surface area contributed by atoms with Crippen LogP contribution in [0.2, 0.25) is 0 Å². The molecule has 0 amide bonds. The number of hydrogen-bond acceptors (Lipinski definition) is 2. The average molecular weight is 441 g/mol. The topological polar surface area (TPSA) is 10.4 Å². The van der Waals surface area contributed by atoms with Crippen LogP contribution in [0.3, 0.4) is 0 Å². The molecule has 0 saturated carbocycles. The number of benzene rings is 2. The summed E-state index contributed by atoms with van der Waals surface area (Å²) in [6, 6.07) is 24.0. The second kappa shape index (κ2) is 12.1. The number of hydrogen-bond donors (Lipinski definition) is 0. The van der Waals surface area contributed by atoms with Crippen molar-refractivity contribution in [3.8, 4) is 0 Å². The molecule has 3 rings (SSSR count). The molecule has 0 spiro atoms. The highest BCUT2D eigenvalue weighted by Crippen LogP contribution is 2.18. The van der Waals surface area contributed by atoms with Gasteiger partial charge in [0.2, 0.25) is 11.4 Å². The molecule has 0 saturated heterocycles. The van der Waals surface area contributed by atoms with E-state index < -0.39 is 0 Å². The first-order chi connectivity index (χ1) is 16.1. The summed E-state index contributed by atoms with van der Waals surface area (Å²) in [6.45, 7) is 12.9. The van der Waals surface area contributed by atoms with Crippen molar-refractivity contribution in [3.05, 3.63) is 89.2 Å². The number of pyridine rings is 1. The van der Waals surface area contributed by atoms with Crippen molar-refractivity contribution in [1.29, 1.82) is 0 Å². The first kappa shape index (κ1) is 24.3. The quantitative estimate of drug-likeness (QED) is 0.331. The van der Waals surface area contributed by atoms with E-state index in [0.29, 0.717) is 0 Å². The molecule has 3 heteroatoms. The third-order valence-corrected chi connectivity index (χ3v) is 6.25. The van der Waals surface area contributed by atoms with Gasteiger partial charge in [-0.25, -0.2) is 0 Å². The number of anilines is 2. The molecular formula is C30H38N3+. The van der Waals surface area contributed by atoms with E-state index in [4.69, 9.17) is 0 Å². The summed E-state index contributed by atoms with van der Waals surface area (Å²) in [4.78, 5) is 4.72. The fraction of sp³-hybridized carbons (Fsp3) is 0.300. The molecule has 2 aromatic carbocycles. The van der Waals surface area contributed by atoms with Crippen molar-refractivity contribution in [1.82, 2.24) is 0 Å². The second-order valence-corrected chi connectivity index (χ2v) is 8.13. The lowest BCUT2D eigenvalue weighted by Gasteiger charge is -2.20. The normalized spacial score (nSPS) is 11.4. The molecule has 3 aromatic rings. The van der Waals surface area contributed by atoms with E-state index in [1.807, 2.05) is 0 Å². The molecule has 33 heavy (non-hydrogen) atoms. The van der Waals surface area contributed by atoms with E-state index in [0.717, 1.165) is 26.2 Å². The molecule has 1 aromatic heterocycles. The summed E-state index contributed by atoms with van der Waals surface area (Å²) >= 11 is 0. The maximum atomic E-state index is 2.36. The zero-order chi connectivity index (χ0) is 23.6. The number of aromatic nitrogens is 1. The minimum Gasteiger partial charge on any atom is -0.372 e. The molecule has 0 atom stereocenters. The van der Waals surface area contributed by atoms with Gasteiger partial charge in [0.15, 0.2) is 0 Å². The Hall–Kier alpha value is -3.33. The predicted octanol–water partition coefficient (Wildman–Crippen LogP) is 6.54. The highest BCUT2D eigenvalue weighted by Gasteiger charge is 2.08. The summed E-state index contributed by atoms with van der Waals surface area (Å²) in [7, 11) is 2.12. The van der Waals surface area contributed by atoms with Gasteiger partial charge in [-0.15, -0.1) is 0 Å². The Bertz CT molecular complexity index is 971. The molecule has 172 valence electrons. The van der Waals surface area contributed by atoms with Crippen LogP contribution in [-0.4, -0.2) is 26.2 Å². The van der Waals surface area contributed by atoms with Crippen molar-refractivity contribution < 1.29 is 4.57 Å². The zero-order valence-electron chi connectivity index (χ0n) is 20.8. The van der Waals surface area contributed by atoms with Gasteiger partial charge in [0.25, 0.3) is 0 Å². The monoisotopic (exact) mass is 440 g/mol. The lowest BCUT2D eigenvalue weighted by atomic mass is 10.1. The maximum absolute atomic E-state index is 2.36. The van der Waals surface area contributed by atoms with E-state index in [2.05, 4.69) is 140 Å². The predicted molar refractivity (Wildman–Crippen MR) is 145 cm³/mol. The molecule has 0 aliphatic carbocycles. The lowest BCUT2D eigenvalue weighted by molar-refractivity contribution is -0.675. The molecular weight excluding hydrogens is 402 g/mol. The molecule has 0 N–H and O–H groups in total. The Kier molecular flexibility index (Phi) is 8.88. The van der Waals surface area contributed by atoms with Crippen molar-refractivity contribution in [3.63, 3.8) is 0 Å². The second-order valence-electron chi connectivity index (χ2n) is 8.13. The fourth-order valence-electron chi connectivity index (χ4n) is 4.09. The van der Waals surface area contributed by atoms with Crippen molar-refractivity contribution in [2.45, 2.75) is 27.7 Å². The number of rotatable bonds is 10. The Morgan fingerprint density at radius 1 is 0.545 bits per heavy atom. The van der Waals surface area contributed by atoms with Crippen LogP contribution in [0, 0.1) is 0 Å². The van der Waals surface area contributed by atoms with Crippen molar-refractivity contribution >= 4 is 35.7 Å². The highest BCUT2D eigenvalue weighted by molar-refractivity contribution is 5.70. The van der Waals surface area contributed by atoms with Crippen LogP contribution in [0.25, 0.3) is 24.3 Å². The van der Waals surface area contributed by atoms with Crippen LogP contribution in [0.15, 0.2) is 66.7 Å². The van der Waals surface area contributed by atoms with Crippen molar-refractivity contribution in [2.75, 3.05) is 36.0 Å². The first-order valence-electron chi connectivity index (χ1n) is 12.1. The molecule has 0 fully saturated rings. The Balaban J connectivity index is 1.72. The largest absolute Gasteiger partial charge is 0.372 e. The van der Waals surface area contributed by atoms with Crippen LogP contribution < -0.4 is 14.4 Å². The smallest absolute Gasteiger partial charge is 0.205 e. The molecule has 0 unspecified atom stereocenters. The van der Waals surface area contributed by atoms with Gasteiger partial charge in [-0.3, -0.25) is 0 Å². The summed E-state index contributed by atoms with van der Waals surface area (Å²) in [5.74, 6) is 0. The van der Waals surface area contributed by atoms with Crippen LogP contribution in [0.5, 0.6) is 0 Å². The van der Waals surface area contributed by atoms with E-state index >= 15 is 0 Å². The molecule has 0 aliphatic rings. The van der Waals surface area contributed by atoms with Gasteiger partial charge in [-0.1, -0.05) is 24.3 Å². The Labute approximate surface area is 200 Å². The highest BCUT2D eigenvalue weighted by atomic mass is 15.1. The van der Waals surface area contributed by atoms with Gasteiger partial charge in [0.05, 0.1) is 0 Å². The molecule has 3 nitrogen and oxygen atoms in total. The van der Waals surface area contributed by atoms with Crippen LogP contribution in [0.4, 0.5) is 11.4 Å². The van der Waals surface area contributed by atoms with E-state index in [-0.39, 0.29) is 0 Å². The fourth-order valence-corrected chi connectivity index (χ4v) is 4.09.